The number of ether oxygens (including phenoxy) is 1. The van der Waals surface area contributed by atoms with Crippen molar-refractivity contribution in [2.45, 2.75) is 50.4 Å². The third kappa shape index (κ3) is 3.88. The van der Waals surface area contributed by atoms with E-state index in [1.54, 1.807) is 36.4 Å². The molecule has 1 saturated heterocycles. The first-order valence-corrected chi connectivity index (χ1v) is 12.8. The maximum Gasteiger partial charge on any atom is 0.262 e. The third-order valence-electron chi connectivity index (χ3n) is 6.83. The Labute approximate surface area is 208 Å². The molecule has 5 rings (SSSR count). The Morgan fingerprint density at radius 1 is 1.23 bits per heavy atom. The number of carbonyl (C=O) groups is 2. The van der Waals surface area contributed by atoms with Crippen LogP contribution in [0.2, 0.25) is 0 Å². The van der Waals surface area contributed by atoms with E-state index >= 15 is 0 Å². The number of hydrogen-bond acceptors (Lipinski definition) is 8. The standard InChI is InChI=1S/C26H31N5O3S/c1-13(2)34-16-7-5-14(6-8-16)26(29)17-9-10-18(27)22-19(17)20(21(28)24(26)32)23(35-22)25(33)31-15-4-3-11-30-12-15/h5-10,13,15,21,30H,3-4,11-12,27-29H2,1-2H3,(H,31,33). The minimum atomic E-state index is -1.48. The fourth-order valence-electron chi connectivity index (χ4n) is 5.14. The quantitative estimate of drug-likeness (QED) is 0.343. The molecule has 8 nitrogen and oxygen atoms in total. The van der Waals surface area contributed by atoms with Crippen molar-refractivity contribution < 1.29 is 14.3 Å². The van der Waals surface area contributed by atoms with E-state index in [9.17, 15) is 9.59 Å². The maximum absolute atomic E-state index is 13.8. The predicted octanol–water partition coefficient (Wildman–Crippen LogP) is 2.54. The summed E-state index contributed by atoms with van der Waals surface area (Å²) in [5, 5.41) is 7.11. The Morgan fingerprint density at radius 2 is 1.97 bits per heavy atom. The zero-order valence-corrected chi connectivity index (χ0v) is 20.7. The molecule has 3 aromatic rings. The normalized spacial score (nSPS) is 24.1. The Hall–Kier alpha value is -2.98. The number of rotatable bonds is 5. The number of benzene rings is 2. The van der Waals surface area contributed by atoms with E-state index in [1.165, 1.54) is 11.3 Å². The van der Waals surface area contributed by atoms with Crippen LogP contribution in [0.25, 0.3) is 10.1 Å². The third-order valence-corrected chi connectivity index (χ3v) is 8.09. The van der Waals surface area contributed by atoms with Crippen LogP contribution in [0.15, 0.2) is 36.4 Å². The molecule has 0 saturated carbocycles. The lowest BCUT2D eigenvalue weighted by atomic mass is 9.70. The Morgan fingerprint density at radius 3 is 2.63 bits per heavy atom. The van der Waals surface area contributed by atoms with E-state index in [0.29, 0.717) is 44.9 Å². The molecule has 8 N–H and O–H groups in total. The number of piperidine rings is 1. The van der Waals surface area contributed by atoms with Gasteiger partial charge in [-0.2, -0.15) is 0 Å². The molecule has 2 heterocycles. The fourth-order valence-corrected chi connectivity index (χ4v) is 6.34. The minimum absolute atomic E-state index is 0.0245. The smallest absolute Gasteiger partial charge is 0.262 e. The van der Waals surface area contributed by atoms with Crippen LogP contribution in [0.4, 0.5) is 5.69 Å². The second-order valence-electron chi connectivity index (χ2n) is 9.61. The van der Waals surface area contributed by atoms with Crippen molar-refractivity contribution in [3.63, 3.8) is 0 Å². The zero-order chi connectivity index (χ0) is 24.9. The van der Waals surface area contributed by atoms with Crippen molar-refractivity contribution in [3.8, 4) is 5.75 Å². The van der Waals surface area contributed by atoms with Crippen LogP contribution >= 0.6 is 11.3 Å². The van der Waals surface area contributed by atoms with E-state index in [1.807, 2.05) is 13.8 Å². The molecular weight excluding hydrogens is 462 g/mol. The van der Waals surface area contributed by atoms with Crippen LogP contribution < -0.4 is 32.6 Å². The topological polar surface area (TPSA) is 145 Å². The molecule has 0 radical (unpaired) electrons. The van der Waals surface area contributed by atoms with Gasteiger partial charge in [-0.1, -0.05) is 18.2 Å². The molecule has 184 valence electrons. The number of thiophene rings is 1. The lowest BCUT2D eigenvalue weighted by Crippen LogP contribution is -2.52. The molecule has 1 aliphatic heterocycles. The number of nitrogen functional groups attached to an aromatic ring is 1. The maximum atomic E-state index is 13.8. The predicted molar refractivity (Wildman–Crippen MR) is 139 cm³/mol. The van der Waals surface area contributed by atoms with Gasteiger partial charge >= 0.3 is 0 Å². The second-order valence-corrected chi connectivity index (χ2v) is 10.6. The summed E-state index contributed by atoms with van der Waals surface area (Å²) in [6.07, 6.45) is 1.92. The van der Waals surface area contributed by atoms with E-state index in [-0.39, 0.29) is 23.8 Å². The van der Waals surface area contributed by atoms with Crippen LogP contribution in [0.3, 0.4) is 0 Å². The average molecular weight is 494 g/mol. The minimum Gasteiger partial charge on any atom is -0.491 e. The Kier molecular flexibility index (Phi) is 6.04. The molecule has 3 atom stereocenters. The van der Waals surface area contributed by atoms with Crippen LogP contribution in [0.1, 0.15) is 59.1 Å². The van der Waals surface area contributed by atoms with Crippen molar-refractivity contribution >= 4 is 38.8 Å². The summed E-state index contributed by atoms with van der Waals surface area (Å²) >= 11 is 1.27. The van der Waals surface area contributed by atoms with Gasteiger partial charge in [0.05, 0.1) is 21.7 Å². The zero-order valence-electron chi connectivity index (χ0n) is 19.9. The highest BCUT2D eigenvalue weighted by molar-refractivity contribution is 7.21. The van der Waals surface area contributed by atoms with Gasteiger partial charge in [0.25, 0.3) is 5.91 Å². The summed E-state index contributed by atoms with van der Waals surface area (Å²) in [5.41, 5.74) is 20.6. The number of ketones is 1. The summed E-state index contributed by atoms with van der Waals surface area (Å²) in [4.78, 5) is 27.6. The molecule has 2 aromatic carbocycles. The summed E-state index contributed by atoms with van der Waals surface area (Å²) in [7, 11) is 0. The van der Waals surface area contributed by atoms with Crippen LogP contribution in [-0.2, 0) is 10.3 Å². The highest BCUT2D eigenvalue weighted by Crippen LogP contribution is 2.49. The number of carbonyl (C=O) groups excluding carboxylic acids is 2. The van der Waals surface area contributed by atoms with Crippen molar-refractivity contribution in [1.82, 2.24) is 10.6 Å². The molecule has 1 amide bonds. The molecule has 1 aliphatic carbocycles. The fraction of sp³-hybridized carbons (Fsp3) is 0.385. The number of hydrogen-bond donors (Lipinski definition) is 5. The van der Waals surface area contributed by atoms with Gasteiger partial charge in [-0.25, -0.2) is 0 Å². The van der Waals surface area contributed by atoms with Gasteiger partial charge in [0.15, 0.2) is 5.78 Å². The lowest BCUT2D eigenvalue weighted by molar-refractivity contribution is -0.124. The number of anilines is 1. The van der Waals surface area contributed by atoms with Gasteiger partial charge in [-0.05, 0) is 62.6 Å². The van der Waals surface area contributed by atoms with E-state index in [4.69, 9.17) is 21.9 Å². The molecule has 1 fully saturated rings. The summed E-state index contributed by atoms with van der Waals surface area (Å²) in [6.45, 7) is 5.56. The Bertz CT molecular complexity index is 1300. The highest BCUT2D eigenvalue weighted by Gasteiger charge is 2.48. The number of amides is 1. The largest absolute Gasteiger partial charge is 0.491 e. The lowest BCUT2D eigenvalue weighted by Gasteiger charge is -2.36. The first kappa shape index (κ1) is 23.7. The van der Waals surface area contributed by atoms with Gasteiger partial charge < -0.3 is 32.6 Å². The first-order chi connectivity index (χ1) is 16.7. The Balaban J connectivity index is 1.62. The van der Waals surface area contributed by atoms with Gasteiger partial charge in [0.2, 0.25) is 0 Å². The van der Waals surface area contributed by atoms with E-state index in [2.05, 4.69) is 10.6 Å². The molecule has 3 unspecified atom stereocenters. The molecule has 9 heteroatoms. The first-order valence-electron chi connectivity index (χ1n) is 11.9. The van der Waals surface area contributed by atoms with Crippen molar-refractivity contribution in [3.05, 3.63) is 58.0 Å². The van der Waals surface area contributed by atoms with Crippen LogP contribution in [0, 0.1) is 0 Å². The van der Waals surface area contributed by atoms with Gasteiger partial charge in [0.1, 0.15) is 11.3 Å². The van der Waals surface area contributed by atoms with E-state index < -0.39 is 11.6 Å². The number of nitrogens with two attached hydrogens (primary N) is 3. The molecular formula is C26H31N5O3S. The van der Waals surface area contributed by atoms with Gasteiger partial charge in [0, 0.05) is 29.2 Å². The van der Waals surface area contributed by atoms with Crippen LogP contribution in [0.5, 0.6) is 5.75 Å². The van der Waals surface area contributed by atoms with Crippen molar-refractivity contribution in [2.24, 2.45) is 11.5 Å². The van der Waals surface area contributed by atoms with Crippen molar-refractivity contribution in [1.29, 1.82) is 0 Å². The highest BCUT2D eigenvalue weighted by atomic mass is 32.1. The van der Waals surface area contributed by atoms with Gasteiger partial charge in [-0.3, -0.25) is 9.59 Å². The summed E-state index contributed by atoms with van der Waals surface area (Å²) in [5.74, 6) is 0.0957. The molecule has 0 spiro atoms. The van der Waals surface area contributed by atoms with Crippen molar-refractivity contribution in [2.75, 3.05) is 18.8 Å². The number of nitrogens with one attached hydrogen (secondary N) is 2. The van der Waals surface area contributed by atoms with Gasteiger partial charge in [-0.15, -0.1) is 11.3 Å². The summed E-state index contributed by atoms with van der Waals surface area (Å²) < 4.78 is 6.47. The molecule has 2 aliphatic rings. The molecule has 35 heavy (non-hydrogen) atoms. The monoisotopic (exact) mass is 493 g/mol. The van der Waals surface area contributed by atoms with E-state index in [0.717, 1.165) is 24.1 Å². The average Bonchev–Trinajstić information content (AvgIpc) is 3.25. The number of Topliss-reactive ketones (excluding diaryl/α,β-unsaturated/α-hetero) is 1. The second kappa shape index (κ2) is 8.91. The summed E-state index contributed by atoms with van der Waals surface area (Å²) in [6, 6.07) is 9.70. The SMILES string of the molecule is CC(C)Oc1ccc(C2(N)C(=O)C(N)c3c(C(=O)NC4CCCNC4)sc4c(N)ccc2c34)cc1. The van der Waals surface area contributed by atoms with Crippen LogP contribution in [-0.4, -0.2) is 36.9 Å². The molecule has 1 aromatic heterocycles. The molecule has 0 bridgehead atoms.